The van der Waals surface area contributed by atoms with Crippen LogP contribution in [-0.2, 0) is 9.59 Å². The number of aliphatic hydroxyl groups excluding tert-OH is 2. The highest BCUT2D eigenvalue weighted by molar-refractivity contribution is 5.93. The largest absolute Gasteiger partial charge is 0.392 e. The number of fused-ring (bicyclic) bond motifs is 5. The Kier molecular flexibility index (Phi) is 3.83. The van der Waals surface area contributed by atoms with Crippen LogP contribution in [0.3, 0.4) is 0 Å². The zero-order valence-electron chi connectivity index (χ0n) is 15.5. The minimum Gasteiger partial charge on any atom is -0.392 e. The zero-order chi connectivity index (χ0) is 18.1. The van der Waals surface area contributed by atoms with Gasteiger partial charge in [0, 0.05) is 18.3 Å². The maximum Gasteiger partial charge on any atom is 0.137 e. The first kappa shape index (κ1) is 17.4. The lowest BCUT2D eigenvalue weighted by Crippen LogP contribution is -2.57. The lowest BCUT2D eigenvalue weighted by Gasteiger charge is -2.59. The van der Waals surface area contributed by atoms with E-state index in [4.69, 9.17) is 0 Å². The second-order valence-electron chi connectivity index (χ2n) is 9.53. The molecule has 0 aliphatic heterocycles. The molecule has 8 atom stereocenters. The van der Waals surface area contributed by atoms with Crippen LogP contribution >= 0.6 is 0 Å². The molecule has 0 aromatic carbocycles. The van der Waals surface area contributed by atoms with Gasteiger partial charge in [0.05, 0.1) is 12.2 Å². The van der Waals surface area contributed by atoms with Gasteiger partial charge in [0.25, 0.3) is 0 Å². The van der Waals surface area contributed by atoms with E-state index >= 15 is 0 Å². The molecule has 0 bridgehead atoms. The molecule has 4 rings (SSSR count). The second kappa shape index (κ2) is 5.50. The fraction of sp³-hybridized carbons (Fsp3) is 0.810. The van der Waals surface area contributed by atoms with E-state index in [1.165, 1.54) is 5.57 Å². The summed E-state index contributed by atoms with van der Waals surface area (Å²) in [6, 6.07) is 0. The molecule has 0 heterocycles. The third-order valence-corrected chi connectivity index (χ3v) is 8.37. The smallest absolute Gasteiger partial charge is 0.137 e. The molecular weight excluding hydrogens is 316 g/mol. The molecule has 25 heavy (non-hydrogen) atoms. The fourth-order valence-corrected chi connectivity index (χ4v) is 7.06. The number of hydrogen-bond acceptors (Lipinski definition) is 4. The summed E-state index contributed by atoms with van der Waals surface area (Å²) in [5.41, 5.74) is 0.854. The summed E-state index contributed by atoms with van der Waals surface area (Å²) in [6.45, 7) is 5.98. The van der Waals surface area contributed by atoms with Gasteiger partial charge in [-0.1, -0.05) is 25.5 Å². The van der Waals surface area contributed by atoms with E-state index in [9.17, 15) is 19.8 Å². The van der Waals surface area contributed by atoms with E-state index in [1.807, 2.05) is 6.08 Å². The van der Waals surface area contributed by atoms with Gasteiger partial charge < -0.3 is 10.2 Å². The van der Waals surface area contributed by atoms with Crippen molar-refractivity contribution in [3.05, 3.63) is 11.6 Å². The summed E-state index contributed by atoms with van der Waals surface area (Å²) >= 11 is 0. The Bertz CT molecular complexity index is 652. The van der Waals surface area contributed by atoms with Gasteiger partial charge in [0.15, 0.2) is 0 Å². The molecule has 0 saturated heterocycles. The van der Waals surface area contributed by atoms with E-state index in [2.05, 4.69) is 13.8 Å². The molecule has 0 aromatic rings. The molecule has 4 aliphatic rings. The highest BCUT2D eigenvalue weighted by atomic mass is 16.3. The number of aliphatic hydroxyl groups is 2. The average Bonchev–Trinajstić information content (AvgIpc) is 2.81. The van der Waals surface area contributed by atoms with E-state index in [1.54, 1.807) is 6.92 Å². The highest BCUT2D eigenvalue weighted by Crippen LogP contribution is 2.65. The third kappa shape index (κ3) is 2.26. The molecule has 4 heteroatoms. The molecule has 0 spiro atoms. The fourth-order valence-electron chi connectivity index (χ4n) is 7.06. The Labute approximate surface area is 149 Å². The van der Waals surface area contributed by atoms with Gasteiger partial charge in [-0.15, -0.1) is 0 Å². The Morgan fingerprint density at radius 1 is 1.16 bits per heavy atom. The number of Topliss-reactive ketones (excluding diaryl/α,β-unsaturated/α-hetero) is 2. The topological polar surface area (TPSA) is 74.6 Å². The Balaban J connectivity index is 1.75. The Morgan fingerprint density at radius 2 is 1.88 bits per heavy atom. The SMILES string of the molecule is CC(=O)[C@H]1CC(=O)[C@@H]2[C@@H]3[C@@H](CC[C@]12C)[C@@]1(C)CC[C@@H](O)C=C1C[C@@H]3O. The van der Waals surface area contributed by atoms with Crippen molar-refractivity contribution in [3.63, 3.8) is 0 Å². The number of ketones is 2. The van der Waals surface area contributed by atoms with E-state index in [0.717, 1.165) is 25.7 Å². The van der Waals surface area contributed by atoms with Gasteiger partial charge in [0.1, 0.15) is 11.6 Å². The first-order valence-corrected chi connectivity index (χ1v) is 9.79. The maximum absolute atomic E-state index is 12.9. The van der Waals surface area contributed by atoms with E-state index < -0.39 is 12.2 Å². The predicted octanol–water partition coefficient (Wildman–Crippen LogP) is 2.67. The van der Waals surface area contributed by atoms with Crippen LogP contribution in [0.25, 0.3) is 0 Å². The molecule has 0 radical (unpaired) electrons. The van der Waals surface area contributed by atoms with Crippen LogP contribution in [0.2, 0.25) is 0 Å². The number of hydrogen-bond donors (Lipinski definition) is 2. The molecule has 4 aliphatic carbocycles. The van der Waals surface area contributed by atoms with Gasteiger partial charge in [-0.25, -0.2) is 0 Å². The number of carbonyl (C=O) groups excluding carboxylic acids is 2. The van der Waals surface area contributed by atoms with Crippen molar-refractivity contribution in [3.8, 4) is 0 Å². The van der Waals surface area contributed by atoms with Crippen LogP contribution in [0.1, 0.15) is 59.3 Å². The van der Waals surface area contributed by atoms with Gasteiger partial charge in [0.2, 0.25) is 0 Å². The van der Waals surface area contributed by atoms with Crippen LogP contribution in [0, 0.1) is 34.5 Å². The monoisotopic (exact) mass is 346 g/mol. The average molecular weight is 346 g/mol. The molecule has 3 fully saturated rings. The van der Waals surface area contributed by atoms with Crippen molar-refractivity contribution in [2.45, 2.75) is 71.5 Å². The number of rotatable bonds is 1. The summed E-state index contributed by atoms with van der Waals surface area (Å²) in [4.78, 5) is 25.1. The third-order valence-electron chi connectivity index (χ3n) is 8.37. The summed E-state index contributed by atoms with van der Waals surface area (Å²) in [6.07, 6.45) is 5.41. The lowest BCUT2D eigenvalue weighted by molar-refractivity contribution is -0.144. The van der Waals surface area contributed by atoms with Crippen molar-refractivity contribution in [1.82, 2.24) is 0 Å². The second-order valence-corrected chi connectivity index (χ2v) is 9.53. The standard InChI is InChI=1S/C21H30O4/c1-11(22)15-10-17(25)19-18-14(5-7-21(15,19)3)20(2)6-4-13(23)8-12(20)9-16(18)24/h8,13-16,18-19,23-24H,4-7,9-10H2,1-3H3/t13-,14-,15-,16+,18-,19-,20+,21-/m1/s1. The van der Waals surface area contributed by atoms with Crippen molar-refractivity contribution in [1.29, 1.82) is 0 Å². The summed E-state index contributed by atoms with van der Waals surface area (Å²) in [5.74, 6) is 0.144. The van der Waals surface area contributed by atoms with Gasteiger partial charge >= 0.3 is 0 Å². The normalized spacial score (nSPS) is 52.0. The van der Waals surface area contributed by atoms with Gasteiger partial charge in [-0.2, -0.15) is 0 Å². The first-order chi connectivity index (χ1) is 11.7. The van der Waals surface area contributed by atoms with Crippen molar-refractivity contribution in [2.75, 3.05) is 0 Å². The molecule has 2 N–H and O–H groups in total. The van der Waals surface area contributed by atoms with E-state index in [-0.39, 0.29) is 46.1 Å². The Morgan fingerprint density at radius 3 is 2.56 bits per heavy atom. The van der Waals surface area contributed by atoms with E-state index in [0.29, 0.717) is 12.8 Å². The van der Waals surface area contributed by atoms with Gasteiger partial charge in [-0.3, -0.25) is 9.59 Å². The molecule has 0 unspecified atom stereocenters. The van der Waals surface area contributed by atoms with Crippen molar-refractivity contribution >= 4 is 11.6 Å². The van der Waals surface area contributed by atoms with Crippen LogP contribution in [-0.4, -0.2) is 34.0 Å². The minimum atomic E-state index is -0.547. The van der Waals surface area contributed by atoms with Crippen LogP contribution in [0.5, 0.6) is 0 Å². The Hall–Kier alpha value is -1.00. The summed E-state index contributed by atoms with van der Waals surface area (Å²) < 4.78 is 0. The molecule has 0 aromatic heterocycles. The maximum atomic E-state index is 12.9. The van der Waals surface area contributed by atoms with Crippen LogP contribution in [0.4, 0.5) is 0 Å². The number of carbonyl (C=O) groups is 2. The summed E-state index contributed by atoms with van der Waals surface area (Å²) in [7, 11) is 0. The van der Waals surface area contributed by atoms with Crippen molar-refractivity contribution < 1.29 is 19.8 Å². The highest BCUT2D eigenvalue weighted by Gasteiger charge is 2.64. The van der Waals surface area contributed by atoms with Gasteiger partial charge in [-0.05, 0) is 61.7 Å². The predicted molar refractivity (Wildman–Crippen MR) is 93.7 cm³/mol. The molecule has 3 saturated carbocycles. The van der Waals surface area contributed by atoms with Crippen LogP contribution in [0.15, 0.2) is 11.6 Å². The quantitative estimate of drug-likeness (QED) is 0.716. The zero-order valence-corrected chi connectivity index (χ0v) is 15.5. The molecule has 138 valence electrons. The molecular formula is C21H30O4. The lowest BCUT2D eigenvalue weighted by atomic mass is 9.46. The summed E-state index contributed by atoms with van der Waals surface area (Å²) in [5, 5.41) is 21.0. The van der Waals surface area contributed by atoms with Crippen LogP contribution < -0.4 is 0 Å². The first-order valence-electron chi connectivity index (χ1n) is 9.79. The molecule has 0 amide bonds. The minimum absolute atomic E-state index is 0.0287. The van der Waals surface area contributed by atoms with Crippen molar-refractivity contribution in [2.24, 2.45) is 34.5 Å². The molecule has 4 nitrogen and oxygen atoms in total.